The van der Waals surface area contributed by atoms with Crippen molar-refractivity contribution in [2.24, 2.45) is 0 Å². The Balaban J connectivity index is 1.74. The summed E-state index contributed by atoms with van der Waals surface area (Å²) in [6.45, 7) is 2.36. The first-order chi connectivity index (χ1) is 14.5. The molecule has 4 rings (SSSR count). The maximum Gasteiger partial charge on any atom is 0.270 e. The van der Waals surface area contributed by atoms with Crippen molar-refractivity contribution in [3.8, 4) is 0 Å². The molecule has 0 aliphatic carbocycles. The lowest BCUT2D eigenvalue weighted by atomic mass is 10.1. The van der Waals surface area contributed by atoms with Gasteiger partial charge in [0.1, 0.15) is 5.82 Å². The van der Waals surface area contributed by atoms with Crippen LogP contribution in [0.4, 0.5) is 21.5 Å². The molecule has 2 aliphatic rings. The first-order valence-corrected chi connectivity index (χ1v) is 10.3. The molecule has 2 saturated heterocycles. The highest BCUT2D eigenvalue weighted by atomic mass is 32.2. The number of carbonyl (C=O) groups excluding carboxylic acids is 1. The summed E-state index contributed by atoms with van der Waals surface area (Å²) in [5, 5.41) is 11.3. The minimum atomic E-state index is -0.556. The van der Waals surface area contributed by atoms with Gasteiger partial charge in [-0.1, -0.05) is 36.1 Å². The van der Waals surface area contributed by atoms with Crippen LogP contribution in [0.1, 0.15) is 5.56 Å². The summed E-state index contributed by atoms with van der Waals surface area (Å²) in [6.07, 6.45) is 1.58. The number of rotatable bonds is 4. The number of nitrogens with zero attached hydrogens (tertiary/aromatic N) is 3. The van der Waals surface area contributed by atoms with E-state index in [2.05, 4.69) is 4.90 Å². The average molecular weight is 445 g/mol. The van der Waals surface area contributed by atoms with E-state index in [1.165, 1.54) is 30.3 Å². The molecule has 0 atom stereocenters. The molecule has 2 aliphatic heterocycles. The van der Waals surface area contributed by atoms with Gasteiger partial charge in [0.05, 0.1) is 28.7 Å². The lowest BCUT2D eigenvalue weighted by Crippen LogP contribution is -2.36. The van der Waals surface area contributed by atoms with E-state index in [9.17, 15) is 19.3 Å². The molecule has 0 unspecified atom stereocenters. The van der Waals surface area contributed by atoms with E-state index < -0.39 is 16.6 Å². The van der Waals surface area contributed by atoms with Crippen LogP contribution in [-0.4, -0.2) is 41.5 Å². The number of nitro groups is 1. The fourth-order valence-electron chi connectivity index (χ4n) is 3.31. The Morgan fingerprint density at radius 3 is 2.60 bits per heavy atom. The van der Waals surface area contributed by atoms with Crippen molar-refractivity contribution in [2.75, 3.05) is 36.1 Å². The molecule has 2 aromatic rings. The van der Waals surface area contributed by atoms with Crippen LogP contribution in [0.5, 0.6) is 0 Å². The molecule has 0 bridgehead atoms. The highest BCUT2D eigenvalue weighted by Gasteiger charge is 2.35. The molecule has 2 aromatic carbocycles. The number of benzene rings is 2. The fourth-order valence-corrected chi connectivity index (χ4v) is 4.59. The third-order valence-electron chi connectivity index (χ3n) is 4.75. The maximum absolute atomic E-state index is 14.2. The zero-order valence-corrected chi connectivity index (χ0v) is 17.2. The van der Waals surface area contributed by atoms with E-state index in [0.717, 1.165) is 22.3 Å². The molecule has 7 nitrogen and oxygen atoms in total. The van der Waals surface area contributed by atoms with Crippen molar-refractivity contribution < 1.29 is 18.8 Å². The van der Waals surface area contributed by atoms with E-state index in [4.69, 9.17) is 17.0 Å². The third kappa shape index (κ3) is 3.93. The van der Waals surface area contributed by atoms with Crippen LogP contribution >= 0.6 is 24.0 Å². The van der Waals surface area contributed by atoms with Crippen molar-refractivity contribution in [3.05, 3.63) is 68.9 Å². The van der Waals surface area contributed by atoms with Gasteiger partial charge < -0.3 is 9.64 Å². The van der Waals surface area contributed by atoms with Crippen molar-refractivity contribution in [1.82, 2.24) is 0 Å². The number of amides is 1. The highest BCUT2D eigenvalue weighted by molar-refractivity contribution is 8.27. The van der Waals surface area contributed by atoms with Crippen molar-refractivity contribution in [3.63, 3.8) is 0 Å². The number of nitro benzene ring substituents is 1. The van der Waals surface area contributed by atoms with E-state index in [1.807, 2.05) is 0 Å². The highest BCUT2D eigenvalue weighted by Crippen LogP contribution is 2.38. The van der Waals surface area contributed by atoms with E-state index in [0.29, 0.717) is 31.9 Å². The van der Waals surface area contributed by atoms with Crippen LogP contribution < -0.4 is 9.80 Å². The molecule has 30 heavy (non-hydrogen) atoms. The Hall–Kier alpha value is -2.82. The molecule has 0 N–H and O–H groups in total. The summed E-state index contributed by atoms with van der Waals surface area (Å²) in [5.74, 6) is -1.02. The number of carbonyl (C=O) groups is 1. The number of morpholine rings is 1. The fraction of sp³-hybridized carbons (Fsp3) is 0.200. The molecule has 10 heteroatoms. The number of para-hydroxylation sites is 1. The monoisotopic (exact) mass is 445 g/mol. The molecule has 2 heterocycles. The SMILES string of the molecule is O=C1/C(=C\c2cc([N+](=O)[O-])ccc2N2CCOCC2)SC(=S)N1c1ccccc1F. The molecule has 0 saturated carbocycles. The van der Waals surface area contributed by atoms with Crippen LogP contribution in [0.25, 0.3) is 6.08 Å². The number of hydrogen-bond donors (Lipinski definition) is 0. The topological polar surface area (TPSA) is 75.9 Å². The number of thioether (sulfide) groups is 1. The quantitative estimate of drug-likeness (QED) is 0.305. The zero-order valence-electron chi connectivity index (χ0n) is 15.6. The molecule has 0 spiro atoms. The van der Waals surface area contributed by atoms with Crippen LogP contribution in [0.2, 0.25) is 0 Å². The van der Waals surface area contributed by atoms with Crippen molar-refractivity contribution >= 4 is 57.3 Å². The smallest absolute Gasteiger partial charge is 0.270 e. The van der Waals surface area contributed by atoms with Gasteiger partial charge in [-0.15, -0.1) is 0 Å². The Labute approximate surface area is 181 Å². The largest absolute Gasteiger partial charge is 0.378 e. The van der Waals surface area contributed by atoms with Gasteiger partial charge in [-0.05, 0) is 24.3 Å². The van der Waals surface area contributed by atoms with E-state index in [-0.39, 0.29) is 20.6 Å². The number of anilines is 2. The Bertz CT molecular complexity index is 1070. The Kier molecular flexibility index (Phi) is 5.80. The standard InChI is InChI=1S/C20H16FN3O4S2/c21-15-3-1-2-4-17(15)23-19(25)18(30-20(23)29)12-13-11-14(24(26)27)5-6-16(13)22-7-9-28-10-8-22/h1-6,11-12H,7-10H2/b18-12+. The summed E-state index contributed by atoms with van der Waals surface area (Å²) in [7, 11) is 0. The van der Waals surface area contributed by atoms with Gasteiger partial charge in [-0.2, -0.15) is 0 Å². The first kappa shape index (κ1) is 20.5. The molecule has 1 amide bonds. The Morgan fingerprint density at radius 1 is 1.17 bits per heavy atom. The van der Waals surface area contributed by atoms with Gasteiger partial charge in [0.2, 0.25) is 0 Å². The van der Waals surface area contributed by atoms with Crippen LogP contribution in [-0.2, 0) is 9.53 Å². The van der Waals surface area contributed by atoms with Crippen molar-refractivity contribution in [1.29, 1.82) is 0 Å². The number of thiocarbonyl (C=S) groups is 1. The van der Waals surface area contributed by atoms with Crippen LogP contribution in [0.3, 0.4) is 0 Å². The predicted molar refractivity (Wildman–Crippen MR) is 118 cm³/mol. The summed E-state index contributed by atoms with van der Waals surface area (Å²) in [5.41, 5.74) is 1.29. The second-order valence-corrected chi connectivity index (χ2v) is 8.24. The second-order valence-electron chi connectivity index (χ2n) is 6.57. The number of ether oxygens (including phenoxy) is 1. The molecule has 2 fully saturated rings. The van der Waals surface area contributed by atoms with Crippen LogP contribution in [0.15, 0.2) is 47.4 Å². The number of hydrogen-bond acceptors (Lipinski definition) is 7. The summed E-state index contributed by atoms with van der Waals surface area (Å²) in [6, 6.07) is 10.4. The normalized spacial score (nSPS) is 18.4. The third-order valence-corrected chi connectivity index (χ3v) is 6.05. The molecular weight excluding hydrogens is 429 g/mol. The molecule has 0 radical (unpaired) electrons. The minimum absolute atomic E-state index is 0.0795. The Morgan fingerprint density at radius 2 is 1.90 bits per heavy atom. The summed E-state index contributed by atoms with van der Waals surface area (Å²) >= 11 is 6.34. The summed E-state index contributed by atoms with van der Waals surface area (Å²) in [4.78, 5) is 27.3. The predicted octanol–water partition coefficient (Wildman–Crippen LogP) is 3.98. The van der Waals surface area contributed by atoms with Gasteiger partial charge in [0.15, 0.2) is 4.32 Å². The lowest BCUT2D eigenvalue weighted by Gasteiger charge is -2.30. The van der Waals surface area contributed by atoms with Gasteiger partial charge in [-0.3, -0.25) is 19.8 Å². The molecule has 154 valence electrons. The minimum Gasteiger partial charge on any atom is -0.378 e. The first-order valence-electron chi connectivity index (χ1n) is 9.09. The van der Waals surface area contributed by atoms with Gasteiger partial charge in [0, 0.05) is 36.5 Å². The van der Waals surface area contributed by atoms with Gasteiger partial charge >= 0.3 is 0 Å². The maximum atomic E-state index is 14.2. The number of halogens is 1. The van der Waals surface area contributed by atoms with E-state index >= 15 is 0 Å². The van der Waals surface area contributed by atoms with E-state index in [1.54, 1.807) is 18.2 Å². The molecule has 0 aromatic heterocycles. The van der Waals surface area contributed by atoms with Gasteiger partial charge in [-0.25, -0.2) is 4.39 Å². The zero-order chi connectivity index (χ0) is 21.3. The average Bonchev–Trinajstić information content (AvgIpc) is 3.02. The van der Waals surface area contributed by atoms with Crippen molar-refractivity contribution in [2.45, 2.75) is 0 Å². The molecular formula is C20H16FN3O4S2. The second kappa shape index (κ2) is 8.50. The summed E-state index contributed by atoms with van der Waals surface area (Å²) < 4.78 is 19.8. The van der Waals surface area contributed by atoms with Crippen LogP contribution in [0, 0.1) is 15.9 Å². The lowest BCUT2D eigenvalue weighted by molar-refractivity contribution is -0.384. The number of non-ortho nitro benzene ring substituents is 1. The van der Waals surface area contributed by atoms with Gasteiger partial charge in [0.25, 0.3) is 11.6 Å².